The molecule has 5 heteroatoms. The van der Waals surface area contributed by atoms with Crippen molar-refractivity contribution < 1.29 is 13.9 Å². The van der Waals surface area contributed by atoms with Crippen molar-refractivity contribution in [2.45, 2.75) is 20.0 Å². The van der Waals surface area contributed by atoms with Gasteiger partial charge in [-0.3, -0.25) is 4.79 Å². The van der Waals surface area contributed by atoms with Gasteiger partial charge >= 0.3 is 0 Å². The summed E-state index contributed by atoms with van der Waals surface area (Å²) in [5.74, 6) is -0.837. The van der Waals surface area contributed by atoms with E-state index in [4.69, 9.17) is 16.3 Å². The van der Waals surface area contributed by atoms with Crippen molar-refractivity contribution in [1.29, 1.82) is 0 Å². The molecular weight excluding hydrogens is 293 g/mol. The number of halogens is 2. The number of ether oxygens (including phenoxy) is 1. The van der Waals surface area contributed by atoms with Crippen LogP contribution in [-0.4, -0.2) is 12.0 Å². The van der Waals surface area contributed by atoms with Crippen molar-refractivity contribution in [2.75, 3.05) is 5.32 Å². The van der Waals surface area contributed by atoms with Gasteiger partial charge in [-0.05, 0) is 43.7 Å². The quantitative estimate of drug-likeness (QED) is 0.919. The van der Waals surface area contributed by atoms with E-state index in [2.05, 4.69) is 5.32 Å². The number of hydrogen-bond acceptors (Lipinski definition) is 2. The smallest absolute Gasteiger partial charge is 0.265 e. The van der Waals surface area contributed by atoms with E-state index in [0.717, 1.165) is 5.56 Å². The van der Waals surface area contributed by atoms with Crippen LogP contribution in [0, 0.1) is 12.7 Å². The summed E-state index contributed by atoms with van der Waals surface area (Å²) in [5.41, 5.74) is 1.49. The van der Waals surface area contributed by atoms with Gasteiger partial charge in [-0.15, -0.1) is 0 Å². The summed E-state index contributed by atoms with van der Waals surface area (Å²) in [6, 6.07) is 11.2. The molecule has 2 aromatic carbocycles. The average molecular weight is 308 g/mol. The zero-order chi connectivity index (χ0) is 15.4. The van der Waals surface area contributed by atoms with Gasteiger partial charge in [0.25, 0.3) is 5.91 Å². The van der Waals surface area contributed by atoms with Crippen LogP contribution < -0.4 is 10.1 Å². The third kappa shape index (κ3) is 3.95. The minimum absolute atomic E-state index is 0.0436. The molecule has 0 fully saturated rings. The van der Waals surface area contributed by atoms with Crippen LogP contribution in [0.5, 0.6) is 5.75 Å². The van der Waals surface area contributed by atoms with Gasteiger partial charge in [-0.25, -0.2) is 4.39 Å². The molecule has 21 heavy (non-hydrogen) atoms. The average Bonchev–Trinajstić information content (AvgIpc) is 2.45. The lowest BCUT2D eigenvalue weighted by atomic mass is 10.2. The molecule has 3 nitrogen and oxygen atoms in total. The largest absolute Gasteiger partial charge is 0.478 e. The second kappa shape index (κ2) is 6.59. The Morgan fingerprint density at radius 2 is 2.00 bits per heavy atom. The first-order valence-corrected chi connectivity index (χ1v) is 6.83. The Morgan fingerprint density at radius 1 is 1.29 bits per heavy atom. The standard InChI is InChI=1S/C16H15ClFNO2/c1-10-7-8-12(9-13(10)17)19-16(20)11(2)21-15-6-4-3-5-14(15)18/h3-9,11H,1-2H3,(H,19,20)/t11-/m1/s1. The van der Waals surface area contributed by atoms with Crippen molar-refractivity contribution in [2.24, 2.45) is 0 Å². The number of benzene rings is 2. The fraction of sp³-hybridized carbons (Fsp3) is 0.188. The zero-order valence-corrected chi connectivity index (χ0v) is 12.4. The number of amides is 1. The van der Waals surface area contributed by atoms with Crippen LogP contribution in [0.4, 0.5) is 10.1 Å². The molecule has 0 bridgehead atoms. The number of anilines is 1. The van der Waals surface area contributed by atoms with Crippen molar-refractivity contribution in [3.63, 3.8) is 0 Å². The van der Waals surface area contributed by atoms with Crippen molar-refractivity contribution >= 4 is 23.2 Å². The van der Waals surface area contributed by atoms with Gasteiger partial charge in [0.15, 0.2) is 17.7 Å². The zero-order valence-electron chi connectivity index (χ0n) is 11.7. The SMILES string of the molecule is Cc1ccc(NC(=O)[C@@H](C)Oc2ccccc2F)cc1Cl. The number of aryl methyl sites for hydroxylation is 1. The predicted molar refractivity (Wildman–Crippen MR) is 81.3 cm³/mol. The highest BCUT2D eigenvalue weighted by molar-refractivity contribution is 6.31. The van der Waals surface area contributed by atoms with E-state index in [1.807, 2.05) is 6.92 Å². The summed E-state index contributed by atoms with van der Waals surface area (Å²) < 4.78 is 18.8. The van der Waals surface area contributed by atoms with E-state index in [0.29, 0.717) is 10.7 Å². The predicted octanol–water partition coefficient (Wildman–Crippen LogP) is 4.19. The summed E-state index contributed by atoms with van der Waals surface area (Å²) in [7, 11) is 0. The maximum absolute atomic E-state index is 13.5. The summed E-state index contributed by atoms with van der Waals surface area (Å²) in [6.45, 7) is 3.43. The molecule has 0 aromatic heterocycles. The molecule has 0 heterocycles. The van der Waals surface area contributed by atoms with Gasteiger partial charge in [0.2, 0.25) is 0 Å². The first kappa shape index (κ1) is 15.3. The van der Waals surface area contributed by atoms with Gasteiger partial charge in [0, 0.05) is 10.7 Å². The van der Waals surface area contributed by atoms with Crippen molar-refractivity contribution in [1.82, 2.24) is 0 Å². The Bertz CT molecular complexity index is 660. The van der Waals surface area contributed by atoms with Crippen molar-refractivity contribution in [3.05, 3.63) is 58.9 Å². The van der Waals surface area contributed by atoms with E-state index in [1.165, 1.54) is 12.1 Å². The summed E-state index contributed by atoms with van der Waals surface area (Å²) in [6.07, 6.45) is -0.832. The fourth-order valence-electron chi connectivity index (χ4n) is 1.70. The Labute approximate surface area is 127 Å². The Morgan fingerprint density at radius 3 is 2.67 bits per heavy atom. The highest BCUT2D eigenvalue weighted by Crippen LogP contribution is 2.21. The first-order chi connectivity index (χ1) is 9.97. The molecule has 0 spiro atoms. The minimum atomic E-state index is -0.832. The molecule has 1 N–H and O–H groups in total. The molecule has 1 atom stereocenters. The van der Waals surface area contributed by atoms with Crippen LogP contribution >= 0.6 is 11.6 Å². The van der Waals surface area contributed by atoms with Gasteiger partial charge in [0.05, 0.1) is 0 Å². The first-order valence-electron chi connectivity index (χ1n) is 6.45. The van der Waals surface area contributed by atoms with Crippen LogP contribution in [0.1, 0.15) is 12.5 Å². The van der Waals surface area contributed by atoms with Gasteiger partial charge in [0.1, 0.15) is 0 Å². The number of carbonyl (C=O) groups is 1. The lowest BCUT2D eigenvalue weighted by molar-refractivity contribution is -0.122. The molecule has 0 saturated heterocycles. The molecule has 2 aromatic rings. The van der Waals surface area contributed by atoms with E-state index >= 15 is 0 Å². The van der Waals surface area contributed by atoms with E-state index in [9.17, 15) is 9.18 Å². The van der Waals surface area contributed by atoms with E-state index in [1.54, 1.807) is 37.3 Å². The van der Waals surface area contributed by atoms with Crippen LogP contribution in [0.2, 0.25) is 5.02 Å². The lowest BCUT2D eigenvalue weighted by Crippen LogP contribution is -2.30. The number of para-hydroxylation sites is 1. The summed E-state index contributed by atoms with van der Waals surface area (Å²) >= 11 is 6.00. The Kier molecular flexibility index (Phi) is 4.81. The molecule has 110 valence electrons. The van der Waals surface area contributed by atoms with Gasteiger partial charge < -0.3 is 10.1 Å². The molecule has 0 aliphatic rings. The van der Waals surface area contributed by atoms with E-state index < -0.39 is 11.9 Å². The van der Waals surface area contributed by atoms with Crippen LogP contribution in [-0.2, 0) is 4.79 Å². The molecule has 0 aliphatic carbocycles. The van der Waals surface area contributed by atoms with Crippen molar-refractivity contribution in [3.8, 4) is 5.75 Å². The maximum atomic E-state index is 13.5. The van der Waals surface area contributed by atoms with Gasteiger partial charge in [-0.1, -0.05) is 29.8 Å². The minimum Gasteiger partial charge on any atom is -0.478 e. The number of carbonyl (C=O) groups excluding carboxylic acids is 1. The molecule has 0 aliphatic heterocycles. The lowest BCUT2D eigenvalue weighted by Gasteiger charge is -2.15. The number of rotatable bonds is 4. The maximum Gasteiger partial charge on any atom is 0.265 e. The number of nitrogens with one attached hydrogen (secondary N) is 1. The molecule has 2 rings (SSSR count). The molecule has 1 amide bonds. The number of hydrogen-bond donors (Lipinski definition) is 1. The summed E-state index contributed by atoms with van der Waals surface area (Å²) in [4.78, 5) is 12.0. The Balaban J connectivity index is 2.02. The fourth-order valence-corrected chi connectivity index (χ4v) is 1.88. The summed E-state index contributed by atoms with van der Waals surface area (Å²) in [5, 5.41) is 3.24. The third-order valence-corrected chi connectivity index (χ3v) is 3.36. The van der Waals surface area contributed by atoms with Crippen LogP contribution in [0.3, 0.4) is 0 Å². The third-order valence-electron chi connectivity index (χ3n) is 2.95. The molecule has 0 radical (unpaired) electrons. The topological polar surface area (TPSA) is 38.3 Å². The second-order valence-electron chi connectivity index (χ2n) is 4.64. The van der Waals surface area contributed by atoms with Gasteiger partial charge in [-0.2, -0.15) is 0 Å². The molecule has 0 saturated carbocycles. The van der Waals surface area contributed by atoms with E-state index in [-0.39, 0.29) is 11.7 Å². The molecular formula is C16H15ClFNO2. The highest BCUT2D eigenvalue weighted by atomic mass is 35.5. The normalized spacial score (nSPS) is 11.8. The second-order valence-corrected chi connectivity index (χ2v) is 5.05. The molecule has 0 unspecified atom stereocenters. The van der Waals surface area contributed by atoms with Crippen LogP contribution in [0.15, 0.2) is 42.5 Å². The van der Waals surface area contributed by atoms with Crippen LogP contribution in [0.25, 0.3) is 0 Å². The highest BCUT2D eigenvalue weighted by Gasteiger charge is 2.16. The monoisotopic (exact) mass is 307 g/mol. The Hall–Kier alpha value is -2.07.